The Morgan fingerprint density at radius 3 is 2.91 bits per heavy atom. The second kappa shape index (κ2) is 7.60. The van der Waals surface area contributed by atoms with E-state index < -0.39 is 0 Å². The average molecular weight is 319 g/mol. The molecule has 7 nitrogen and oxygen atoms in total. The molecule has 2 N–H and O–H groups in total. The van der Waals surface area contributed by atoms with E-state index in [2.05, 4.69) is 20.8 Å². The number of anilines is 1. The van der Waals surface area contributed by atoms with Gasteiger partial charge >= 0.3 is 0 Å². The van der Waals surface area contributed by atoms with Gasteiger partial charge in [0.15, 0.2) is 5.16 Å². The van der Waals surface area contributed by atoms with Crippen LogP contribution in [0, 0.1) is 0 Å². The lowest BCUT2D eigenvalue weighted by Crippen LogP contribution is -2.19. The summed E-state index contributed by atoms with van der Waals surface area (Å²) in [4.78, 5) is 23.5. The van der Waals surface area contributed by atoms with E-state index in [0.717, 1.165) is 6.54 Å². The summed E-state index contributed by atoms with van der Waals surface area (Å²) in [7, 11) is 1.56. The molecule has 0 saturated heterocycles. The largest absolute Gasteiger partial charge is 0.355 e. The monoisotopic (exact) mass is 319 g/mol. The van der Waals surface area contributed by atoms with E-state index in [1.54, 1.807) is 37.6 Å². The lowest BCUT2D eigenvalue weighted by atomic mass is 10.2. The highest BCUT2D eigenvalue weighted by molar-refractivity contribution is 7.99. The minimum absolute atomic E-state index is 0.162. The minimum Gasteiger partial charge on any atom is -0.355 e. The quantitative estimate of drug-likeness (QED) is 0.785. The lowest BCUT2D eigenvalue weighted by Gasteiger charge is -2.07. The van der Waals surface area contributed by atoms with Gasteiger partial charge in [-0.05, 0) is 25.1 Å². The molecule has 0 radical (unpaired) electrons. The van der Waals surface area contributed by atoms with Gasteiger partial charge in [0.25, 0.3) is 5.91 Å². The lowest BCUT2D eigenvalue weighted by molar-refractivity contribution is -0.113. The average Bonchev–Trinajstić information content (AvgIpc) is 3.00. The van der Waals surface area contributed by atoms with Crippen LogP contribution in [0.3, 0.4) is 0 Å². The predicted molar refractivity (Wildman–Crippen MR) is 84.9 cm³/mol. The molecule has 1 aromatic heterocycles. The summed E-state index contributed by atoms with van der Waals surface area (Å²) in [6.07, 6.45) is 1.63. The van der Waals surface area contributed by atoms with Crippen LogP contribution in [0.5, 0.6) is 0 Å². The van der Waals surface area contributed by atoms with E-state index in [0.29, 0.717) is 16.4 Å². The molecule has 0 spiro atoms. The molecule has 2 rings (SSSR count). The maximum atomic E-state index is 12.0. The maximum Gasteiger partial charge on any atom is 0.251 e. The number of carbonyl (C=O) groups excluding carboxylic acids is 2. The molecular weight excluding hydrogens is 302 g/mol. The van der Waals surface area contributed by atoms with E-state index in [4.69, 9.17) is 0 Å². The molecule has 0 aliphatic heterocycles. The molecule has 1 heterocycles. The van der Waals surface area contributed by atoms with Crippen LogP contribution < -0.4 is 10.6 Å². The Hall–Kier alpha value is -2.35. The van der Waals surface area contributed by atoms with Crippen molar-refractivity contribution >= 4 is 29.3 Å². The highest BCUT2D eigenvalue weighted by atomic mass is 32.2. The van der Waals surface area contributed by atoms with Gasteiger partial charge in [0.05, 0.1) is 5.75 Å². The first-order chi connectivity index (χ1) is 10.6. The second-order valence-electron chi connectivity index (χ2n) is 4.40. The number of benzene rings is 1. The van der Waals surface area contributed by atoms with Crippen molar-refractivity contribution in [2.24, 2.45) is 0 Å². The van der Waals surface area contributed by atoms with Gasteiger partial charge in [0, 0.05) is 24.8 Å². The summed E-state index contributed by atoms with van der Waals surface area (Å²) < 4.78 is 1.87. The molecule has 0 aliphatic carbocycles. The number of carbonyl (C=O) groups is 2. The van der Waals surface area contributed by atoms with Gasteiger partial charge in [0.2, 0.25) is 5.91 Å². The number of aromatic nitrogens is 3. The van der Waals surface area contributed by atoms with E-state index >= 15 is 0 Å². The van der Waals surface area contributed by atoms with Crippen LogP contribution in [-0.4, -0.2) is 39.4 Å². The zero-order chi connectivity index (χ0) is 15.9. The van der Waals surface area contributed by atoms with E-state index in [9.17, 15) is 9.59 Å². The van der Waals surface area contributed by atoms with Crippen molar-refractivity contribution in [1.29, 1.82) is 0 Å². The molecule has 116 valence electrons. The molecule has 0 unspecified atom stereocenters. The summed E-state index contributed by atoms with van der Waals surface area (Å²) in [6.45, 7) is 2.74. The molecule has 22 heavy (non-hydrogen) atoms. The number of amides is 2. The van der Waals surface area contributed by atoms with Crippen LogP contribution in [0.4, 0.5) is 5.69 Å². The second-order valence-corrected chi connectivity index (χ2v) is 5.34. The summed E-state index contributed by atoms with van der Waals surface area (Å²) in [6, 6.07) is 6.79. The van der Waals surface area contributed by atoms with Gasteiger partial charge in [0.1, 0.15) is 6.33 Å². The zero-order valence-corrected chi connectivity index (χ0v) is 13.2. The van der Waals surface area contributed by atoms with Gasteiger partial charge in [-0.1, -0.05) is 17.8 Å². The molecule has 0 atom stereocenters. The maximum absolute atomic E-state index is 12.0. The number of hydrogen-bond acceptors (Lipinski definition) is 5. The molecule has 0 fully saturated rings. The van der Waals surface area contributed by atoms with Gasteiger partial charge in [-0.3, -0.25) is 9.59 Å². The van der Waals surface area contributed by atoms with Crippen LogP contribution in [0.25, 0.3) is 0 Å². The minimum atomic E-state index is -0.193. The molecule has 2 aromatic rings. The topological polar surface area (TPSA) is 88.9 Å². The number of nitrogens with one attached hydrogen (secondary N) is 2. The predicted octanol–water partition coefficient (Wildman–Crippen LogP) is 1.39. The van der Waals surface area contributed by atoms with Crippen LogP contribution >= 0.6 is 11.8 Å². The highest BCUT2D eigenvalue weighted by Gasteiger charge is 2.09. The first-order valence-electron chi connectivity index (χ1n) is 6.76. The fourth-order valence-electron chi connectivity index (χ4n) is 1.78. The Kier molecular flexibility index (Phi) is 5.54. The number of nitrogens with zero attached hydrogens (tertiary/aromatic N) is 3. The first-order valence-corrected chi connectivity index (χ1v) is 7.75. The van der Waals surface area contributed by atoms with Crippen LogP contribution in [0.2, 0.25) is 0 Å². The SMILES string of the molecule is CCn1cnnc1SCC(=O)Nc1cccc(C(=O)NC)c1. The molecule has 0 bridgehead atoms. The summed E-state index contributed by atoms with van der Waals surface area (Å²) >= 11 is 1.32. The summed E-state index contributed by atoms with van der Waals surface area (Å²) in [5.41, 5.74) is 1.09. The summed E-state index contributed by atoms with van der Waals surface area (Å²) in [5.74, 6) is -0.130. The highest BCUT2D eigenvalue weighted by Crippen LogP contribution is 2.16. The van der Waals surface area contributed by atoms with Crippen molar-refractivity contribution in [3.05, 3.63) is 36.2 Å². The van der Waals surface area contributed by atoms with E-state index in [1.807, 2.05) is 11.5 Å². The van der Waals surface area contributed by atoms with Crippen molar-refractivity contribution in [3.8, 4) is 0 Å². The van der Waals surface area contributed by atoms with Gasteiger partial charge in [-0.15, -0.1) is 10.2 Å². The molecule has 1 aromatic carbocycles. The molecule has 0 aliphatic rings. The first kappa shape index (κ1) is 16.0. The summed E-state index contributed by atoms with van der Waals surface area (Å²) in [5, 5.41) is 13.8. The number of hydrogen-bond donors (Lipinski definition) is 2. The normalized spacial score (nSPS) is 10.3. The van der Waals surface area contributed by atoms with Gasteiger partial charge in [-0.25, -0.2) is 0 Å². The Morgan fingerprint density at radius 2 is 2.18 bits per heavy atom. The molecule has 8 heteroatoms. The van der Waals surface area contributed by atoms with Crippen LogP contribution in [0.1, 0.15) is 17.3 Å². The third-order valence-electron chi connectivity index (χ3n) is 2.89. The number of aryl methyl sites for hydroxylation is 1. The standard InChI is InChI=1S/C14H17N5O2S/c1-3-19-9-16-18-14(19)22-8-12(20)17-11-6-4-5-10(7-11)13(21)15-2/h4-7,9H,3,8H2,1-2H3,(H,15,21)(H,17,20). The van der Waals surface area contributed by atoms with E-state index in [-0.39, 0.29) is 17.6 Å². The Labute approximate surface area is 132 Å². The molecular formula is C14H17N5O2S. The molecule has 0 saturated carbocycles. The third kappa shape index (κ3) is 4.08. The Morgan fingerprint density at radius 1 is 1.36 bits per heavy atom. The van der Waals surface area contributed by atoms with Crippen LogP contribution in [-0.2, 0) is 11.3 Å². The van der Waals surface area contributed by atoms with Crippen molar-refractivity contribution in [1.82, 2.24) is 20.1 Å². The van der Waals surface area contributed by atoms with Gasteiger partial charge in [-0.2, -0.15) is 0 Å². The fraction of sp³-hybridized carbons (Fsp3) is 0.286. The Bertz CT molecular complexity index is 671. The van der Waals surface area contributed by atoms with Gasteiger partial charge < -0.3 is 15.2 Å². The van der Waals surface area contributed by atoms with Crippen molar-refractivity contribution in [2.45, 2.75) is 18.6 Å². The van der Waals surface area contributed by atoms with Crippen LogP contribution in [0.15, 0.2) is 35.7 Å². The fourth-order valence-corrected chi connectivity index (χ4v) is 2.56. The molecule has 2 amide bonds. The smallest absolute Gasteiger partial charge is 0.251 e. The van der Waals surface area contributed by atoms with Crippen molar-refractivity contribution < 1.29 is 9.59 Å². The van der Waals surface area contributed by atoms with Crippen molar-refractivity contribution in [2.75, 3.05) is 18.1 Å². The zero-order valence-electron chi connectivity index (χ0n) is 12.4. The third-order valence-corrected chi connectivity index (χ3v) is 3.87. The number of rotatable bonds is 6. The Balaban J connectivity index is 1.93. The number of thioether (sulfide) groups is 1. The van der Waals surface area contributed by atoms with E-state index in [1.165, 1.54) is 11.8 Å². The van der Waals surface area contributed by atoms with Crippen molar-refractivity contribution in [3.63, 3.8) is 0 Å².